The summed E-state index contributed by atoms with van der Waals surface area (Å²) in [6, 6.07) is 6.05. The van der Waals surface area contributed by atoms with E-state index in [2.05, 4.69) is 11.1 Å². The van der Waals surface area contributed by atoms with E-state index >= 15 is 0 Å². The van der Waals surface area contributed by atoms with Crippen molar-refractivity contribution in [3.05, 3.63) is 18.2 Å². The van der Waals surface area contributed by atoms with Crippen molar-refractivity contribution in [1.82, 2.24) is 4.98 Å². The van der Waals surface area contributed by atoms with E-state index in [1.807, 2.05) is 19.1 Å². The fourth-order valence-electron chi connectivity index (χ4n) is 1.44. The van der Waals surface area contributed by atoms with Crippen LogP contribution in [-0.4, -0.2) is 23.9 Å². The normalized spacial score (nSPS) is 10.9. The highest BCUT2D eigenvalue weighted by Crippen LogP contribution is 2.31. The molecular weight excluding hydrogens is 252 g/mol. The molecule has 0 unspecified atom stereocenters. The number of ether oxygens (including phenoxy) is 1. The van der Waals surface area contributed by atoms with Crippen LogP contribution in [-0.2, 0) is 0 Å². The summed E-state index contributed by atoms with van der Waals surface area (Å²) in [4.78, 5) is 4.57. The van der Waals surface area contributed by atoms with E-state index < -0.39 is 0 Å². The summed E-state index contributed by atoms with van der Waals surface area (Å²) in [5.41, 5.74) is 6.52. The van der Waals surface area contributed by atoms with Gasteiger partial charge in [-0.05, 0) is 38.1 Å². The molecule has 2 rings (SSSR count). The Labute approximate surface area is 109 Å². The van der Waals surface area contributed by atoms with Gasteiger partial charge in [0, 0.05) is 5.75 Å². The molecule has 0 atom stereocenters. The van der Waals surface area contributed by atoms with Crippen LogP contribution in [0.4, 0.5) is 0 Å². The van der Waals surface area contributed by atoms with E-state index in [4.69, 9.17) is 10.5 Å². The summed E-state index contributed by atoms with van der Waals surface area (Å²) in [7, 11) is 0. The molecule has 1 aromatic carbocycles. The number of nitrogens with two attached hydrogens (primary N) is 1. The van der Waals surface area contributed by atoms with E-state index in [1.54, 1.807) is 23.1 Å². The van der Waals surface area contributed by atoms with Crippen LogP contribution in [0.2, 0.25) is 0 Å². The molecule has 0 amide bonds. The van der Waals surface area contributed by atoms with Crippen molar-refractivity contribution in [3.8, 4) is 5.75 Å². The van der Waals surface area contributed by atoms with E-state index in [-0.39, 0.29) is 0 Å². The first-order chi connectivity index (χ1) is 8.33. The lowest BCUT2D eigenvalue weighted by molar-refractivity contribution is 0.341. The number of thiazole rings is 1. The number of hydrogen-bond donors (Lipinski definition) is 1. The number of fused-ring (bicyclic) bond motifs is 1. The third-order valence-corrected chi connectivity index (χ3v) is 4.47. The molecule has 2 N–H and O–H groups in total. The molecule has 0 saturated heterocycles. The maximum atomic E-state index is 5.48. The Hall–Kier alpha value is -0.780. The van der Waals surface area contributed by atoms with Crippen LogP contribution in [0.5, 0.6) is 5.75 Å². The largest absolute Gasteiger partial charge is 0.494 e. The predicted octanol–water partition coefficient (Wildman–Crippen LogP) is 3.14. The van der Waals surface area contributed by atoms with E-state index in [0.29, 0.717) is 6.61 Å². The second kappa shape index (κ2) is 6.23. The number of benzene rings is 1. The van der Waals surface area contributed by atoms with Crippen LogP contribution in [0.15, 0.2) is 22.5 Å². The van der Waals surface area contributed by atoms with Crippen molar-refractivity contribution in [2.24, 2.45) is 5.73 Å². The zero-order chi connectivity index (χ0) is 12.1. The predicted molar refractivity (Wildman–Crippen MR) is 75.2 cm³/mol. The molecule has 17 heavy (non-hydrogen) atoms. The number of aromatic nitrogens is 1. The van der Waals surface area contributed by atoms with Crippen molar-refractivity contribution < 1.29 is 4.74 Å². The monoisotopic (exact) mass is 268 g/mol. The van der Waals surface area contributed by atoms with Gasteiger partial charge < -0.3 is 10.5 Å². The molecular formula is C12H16N2OS2. The van der Waals surface area contributed by atoms with Crippen LogP contribution in [0.1, 0.15) is 13.3 Å². The Morgan fingerprint density at radius 1 is 1.47 bits per heavy atom. The number of nitrogens with zero attached hydrogens (tertiary/aromatic N) is 1. The molecule has 1 heterocycles. The lowest BCUT2D eigenvalue weighted by Crippen LogP contribution is -1.98. The molecule has 0 fully saturated rings. The highest BCUT2D eigenvalue weighted by atomic mass is 32.2. The molecule has 0 aliphatic heterocycles. The molecule has 0 saturated carbocycles. The lowest BCUT2D eigenvalue weighted by atomic mass is 10.3. The Morgan fingerprint density at radius 3 is 3.12 bits per heavy atom. The minimum Gasteiger partial charge on any atom is -0.494 e. The second-order valence-corrected chi connectivity index (χ2v) is 5.91. The van der Waals surface area contributed by atoms with Crippen molar-refractivity contribution in [2.75, 3.05) is 18.9 Å². The summed E-state index contributed by atoms with van der Waals surface area (Å²) in [6.07, 6.45) is 1.03. The maximum Gasteiger partial charge on any atom is 0.151 e. The summed E-state index contributed by atoms with van der Waals surface area (Å²) in [5, 5.41) is 0. The van der Waals surface area contributed by atoms with Gasteiger partial charge in [-0.25, -0.2) is 4.98 Å². The molecule has 3 nitrogen and oxygen atoms in total. The zero-order valence-electron chi connectivity index (χ0n) is 9.81. The van der Waals surface area contributed by atoms with Gasteiger partial charge in [0.25, 0.3) is 0 Å². The average Bonchev–Trinajstić information content (AvgIpc) is 2.72. The number of thioether (sulfide) groups is 1. The highest BCUT2D eigenvalue weighted by molar-refractivity contribution is 8.01. The van der Waals surface area contributed by atoms with Gasteiger partial charge in [0.05, 0.1) is 16.8 Å². The molecule has 0 aliphatic rings. The smallest absolute Gasteiger partial charge is 0.151 e. The van der Waals surface area contributed by atoms with Gasteiger partial charge in [-0.3, -0.25) is 0 Å². The first-order valence-corrected chi connectivity index (χ1v) is 7.50. The summed E-state index contributed by atoms with van der Waals surface area (Å²) < 4.78 is 7.78. The third-order valence-electron chi connectivity index (χ3n) is 2.23. The maximum absolute atomic E-state index is 5.48. The Kier molecular flexibility index (Phi) is 4.65. The van der Waals surface area contributed by atoms with Crippen LogP contribution < -0.4 is 10.5 Å². The van der Waals surface area contributed by atoms with Crippen LogP contribution in [0.3, 0.4) is 0 Å². The van der Waals surface area contributed by atoms with Gasteiger partial charge in [0.1, 0.15) is 5.75 Å². The van der Waals surface area contributed by atoms with E-state index in [0.717, 1.165) is 34.3 Å². The molecule has 2 aromatic rings. The van der Waals surface area contributed by atoms with Crippen LogP contribution in [0, 0.1) is 0 Å². The number of rotatable bonds is 6. The minimum atomic E-state index is 0.697. The molecule has 1 aromatic heterocycles. The standard InChI is InChI=1S/C12H16N2OS2/c1-2-15-9-4-5-10-11(8-9)17-12(14-10)16-7-3-6-13/h4-5,8H,2-3,6-7,13H2,1H3. The lowest BCUT2D eigenvalue weighted by Gasteiger charge is -2.00. The molecule has 0 bridgehead atoms. The SMILES string of the molecule is CCOc1ccc2nc(SCCCN)sc2c1. The Morgan fingerprint density at radius 2 is 2.35 bits per heavy atom. The topological polar surface area (TPSA) is 48.1 Å². The second-order valence-electron chi connectivity index (χ2n) is 3.53. The molecule has 0 aliphatic carbocycles. The van der Waals surface area contributed by atoms with Crippen molar-refractivity contribution in [1.29, 1.82) is 0 Å². The third kappa shape index (κ3) is 3.34. The van der Waals surface area contributed by atoms with Gasteiger partial charge in [0.2, 0.25) is 0 Å². The van der Waals surface area contributed by atoms with Crippen LogP contribution >= 0.6 is 23.1 Å². The molecule has 0 radical (unpaired) electrons. The number of hydrogen-bond acceptors (Lipinski definition) is 5. The van der Waals surface area contributed by atoms with Gasteiger partial charge in [-0.15, -0.1) is 11.3 Å². The zero-order valence-corrected chi connectivity index (χ0v) is 11.4. The summed E-state index contributed by atoms with van der Waals surface area (Å²) in [6.45, 7) is 3.43. The van der Waals surface area contributed by atoms with E-state index in [9.17, 15) is 0 Å². The fraction of sp³-hybridized carbons (Fsp3) is 0.417. The molecule has 92 valence electrons. The van der Waals surface area contributed by atoms with Crippen molar-refractivity contribution in [2.45, 2.75) is 17.7 Å². The minimum absolute atomic E-state index is 0.697. The molecule has 5 heteroatoms. The van der Waals surface area contributed by atoms with E-state index in [1.165, 1.54) is 4.70 Å². The highest BCUT2D eigenvalue weighted by Gasteiger charge is 2.05. The quantitative estimate of drug-likeness (QED) is 0.646. The first-order valence-electron chi connectivity index (χ1n) is 5.69. The summed E-state index contributed by atoms with van der Waals surface area (Å²) >= 11 is 3.50. The van der Waals surface area contributed by atoms with Gasteiger partial charge in [0.15, 0.2) is 4.34 Å². The Balaban J connectivity index is 2.12. The van der Waals surface area contributed by atoms with Crippen LogP contribution in [0.25, 0.3) is 10.2 Å². The Bertz CT molecular complexity index is 484. The van der Waals surface area contributed by atoms with Gasteiger partial charge in [-0.1, -0.05) is 11.8 Å². The first kappa shape index (κ1) is 12.7. The summed E-state index contributed by atoms with van der Waals surface area (Å²) in [5.74, 6) is 1.96. The van der Waals surface area contributed by atoms with Crippen molar-refractivity contribution >= 4 is 33.3 Å². The van der Waals surface area contributed by atoms with Crippen molar-refractivity contribution in [3.63, 3.8) is 0 Å². The molecule has 0 spiro atoms. The fourth-order valence-corrected chi connectivity index (χ4v) is 3.57. The van der Waals surface area contributed by atoms with Gasteiger partial charge in [-0.2, -0.15) is 0 Å². The van der Waals surface area contributed by atoms with Gasteiger partial charge >= 0.3 is 0 Å². The average molecular weight is 268 g/mol.